The topological polar surface area (TPSA) is 97.9 Å². The van der Waals surface area contributed by atoms with Crippen LogP contribution in [0.1, 0.15) is 53.3 Å². The van der Waals surface area contributed by atoms with Crippen molar-refractivity contribution in [1.29, 1.82) is 0 Å². The van der Waals surface area contributed by atoms with Gasteiger partial charge in [-0.05, 0) is 61.1 Å². The van der Waals surface area contributed by atoms with E-state index in [1.165, 1.54) is 33.1 Å². The lowest BCUT2D eigenvalue weighted by atomic mass is 10.2. The maximum atomic E-state index is 12.3. The number of carbonyl (C=O) groups excluding carboxylic acids is 2. The highest BCUT2D eigenvalue weighted by Gasteiger charge is 2.12. The molecule has 0 aromatic heterocycles. The van der Waals surface area contributed by atoms with Gasteiger partial charge in [0.1, 0.15) is 5.75 Å². The standard InChI is InChI=1S/C23H29N3O5S/c1-4-5-6-7-14-31-18-11-8-16(9-12-18)21(27)24-23(32)26-25-22(28)17-10-13-19(29-2)20(15-17)30-3/h8-13,15H,4-7,14H2,1-3H3,(H,25,28)(H2,24,26,27,32). The van der Waals surface area contributed by atoms with Gasteiger partial charge in [0.25, 0.3) is 11.8 Å². The molecule has 2 amide bonds. The number of nitrogens with one attached hydrogen (secondary N) is 3. The summed E-state index contributed by atoms with van der Waals surface area (Å²) in [4.78, 5) is 24.6. The summed E-state index contributed by atoms with van der Waals surface area (Å²) in [5, 5.41) is 2.47. The number of rotatable bonds is 10. The number of thiocarbonyl (C=S) groups is 1. The number of amides is 2. The lowest BCUT2D eigenvalue weighted by Crippen LogP contribution is -2.48. The second-order valence-electron chi connectivity index (χ2n) is 6.87. The molecule has 0 aliphatic heterocycles. The second-order valence-corrected chi connectivity index (χ2v) is 7.27. The molecule has 172 valence electrons. The maximum absolute atomic E-state index is 12.3. The van der Waals surface area contributed by atoms with Crippen LogP contribution >= 0.6 is 12.2 Å². The van der Waals surface area contributed by atoms with Gasteiger partial charge in [0.2, 0.25) is 0 Å². The van der Waals surface area contributed by atoms with E-state index >= 15 is 0 Å². The van der Waals surface area contributed by atoms with Crippen molar-refractivity contribution in [1.82, 2.24) is 16.2 Å². The van der Waals surface area contributed by atoms with Crippen molar-refractivity contribution >= 4 is 29.1 Å². The van der Waals surface area contributed by atoms with Crippen molar-refractivity contribution in [3.05, 3.63) is 53.6 Å². The predicted octanol–water partition coefficient (Wildman–Crippen LogP) is 3.61. The molecule has 0 aliphatic carbocycles. The van der Waals surface area contributed by atoms with Gasteiger partial charge < -0.3 is 14.2 Å². The fraction of sp³-hybridized carbons (Fsp3) is 0.348. The summed E-state index contributed by atoms with van der Waals surface area (Å²) in [6.07, 6.45) is 4.53. The molecule has 9 heteroatoms. The SMILES string of the molecule is CCCCCCOc1ccc(C(=O)NC(=S)NNC(=O)c2ccc(OC)c(OC)c2)cc1. The summed E-state index contributed by atoms with van der Waals surface area (Å²) in [6, 6.07) is 11.5. The molecule has 0 fully saturated rings. The van der Waals surface area contributed by atoms with Crippen molar-refractivity contribution in [2.75, 3.05) is 20.8 Å². The quantitative estimate of drug-likeness (QED) is 0.284. The molecule has 0 saturated carbocycles. The third-order valence-corrected chi connectivity index (χ3v) is 4.75. The van der Waals surface area contributed by atoms with Gasteiger partial charge >= 0.3 is 0 Å². The zero-order chi connectivity index (χ0) is 23.3. The average molecular weight is 460 g/mol. The van der Waals surface area contributed by atoms with E-state index in [0.29, 0.717) is 35.0 Å². The van der Waals surface area contributed by atoms with Crippen LogP contribution in [0.2, 0.25) is 0 Å². The fourth-order valence-corrected chi connectivity index (χ4v) is 2.93. The van der Waals surface area contributed by atoms with Gasteiger partial charge in [0, 0.05) is 11.1 Å². The molecule has 0 saturated heterocycles. The Morgan fingerprint density at radius 1 is 0.844 bits per heavy atom. The predicted molar refractivity (Wildman–Crippen MR) is 126 cm³/mol. The monoisotopic (exact) mass is 459 g/mol. The number of benzene rings is 2. The first-order valence-electron chi connectivity index (χ1n) is 10.3. The van der Waals surface area contributed by atoms with E-state index in [0.717, 1.165) is 12.8 Å². The molecule has 32 heavy (non-hydrogen) atoms. The minimum atomic E-state index is -0.456. The Kier molecular flexibility index (Phi) is 10.3. The van der Waals surface area contributed by atoms with Crippen LogP contribution in [0.15, 0.2) is 42.5 Å². The van der Waals surface area contributed by atoms with Crippen LogP contribution in [-0.2, 0) is 0 Å². The summed E-state index contributed by atoms with van der Waals surface area (Å²) in [7, 11) is 2.99. The molecular formula is C23H29N3O5S. The Hall–Kier alpha value is -3.33. The first-order valence-corrected chi connectivity index (χ1v) is 10.8. The van der Waals surface area contributed by atoms with E-state index in [9.17, 15) is 9.59 Å². The second kappa shape index (κ2) is 13.2. The highest BCUT2D eigenvalue weighted by Crippen LogP contribution is 2.27. The van der Waals surface area contributed by atoms with E-state index in [-0.39, 0.29) is 5.11 Å². The van der Waals surface area contributed by atoms with Gasteiger partial charge in [-0.1, -0.05) is 26.2 Å². The minimum Gasteiger partial charge on any atom is -0.494 e. The Morgan fingerprint density at radius 2 is 1.53 bits per heavy atom. The largest absolute Gasteiger partial charge is 0.494 e. The van der Waals surface area contributed by atoms with E-state index in [2.05, 4.69) is 23.1 Å². The van der Waals surface area contributed by atoms with E-state index in [1.807, 2.05) is 0 Å². The Labute approximate surface area is 193 Å². The smallest absolute Gasteiger partial charge is 0.269 e. The van der Waals surface area contributed by atoms with Crippen LogP contribution < -0.4 is 30.4 Å². The van der Waals surface area contributed by atoms with Crippen LogP contribution in [0, 0.1) is 0 Å². The molecule has 2 aromatic rings. The van der Waals surface area contributed by atoms with Crippen molar-refractivity contribution in [3.63, 3.8) is 0 Å². The maximum Gasteiger partial charge on any atom is 0.269 e. The molecule has 2 rings (SSSR count). The van der Waals surface area contributed by atoms with Crippen LogP contribution in [0.4, 0.5) is 0 Å². The van der Waals surface area contributed by atoms with Gasteiger partial charge in [-0.15, -0.1) is 0 Å². The lowest BCUT2D eigenvalue weighted by molar-refractivity contribution is 0.0934. The van der Waals surface area contributed by atoms with Crippen LogP contribution in [0.3, 0.4) is 0 Å². The number of unbranched alkanes of at least 4 members (excludes halogenated alkanes) is 3. The van der Waals surface area contributed by atoms with Crippen molar-refractivity contribution in [2.24, 2.45) is 0 Å². The van der Waals surface area contributed by atoms with E-state index in [4.69, 9.17) is 26.4 Å². The molecule has 0 atom stereocenters. The highest BCUT2D eigenvalue weighted by atomic mass is 32.1. The molecule has 0 bridgehead atoms. The zero-order valence-corrected chi connectivity index (χ0v) is 19.3. The van der Waals surface area contributed by atoms with Crippen molar-refractivity contribution < 1.29 is 23.8 Å². The fourth-order valence-electron chi connectivity index (χ4n) is 2.79. The summed E-state index contributed by atoms with van der Waals surface area (Å²) in [5.74, 6) is 0.776. The molecule has 8 nitrogen and oxygen atoms in total. The van der Waals surface area contributed by atoms with Crippen molar-refractivity contribution in [2.45, 2.75) is 32.6 Å². The number of ether oxygens (including phenoxy) is 3. The van der Waals surface area contributed by atoms with Crippen LogP contribution in [0.5, 0.6) is 17.2 Å². The molecule has 0 heterocycles. The van der Waals surface area contributed by atoms with Crippen LogP contribution in [-0.4, -0.2) is 37.8 Å². The summed E-state index contributed by atoms with van der Waals surface area (Å²) in [5.41, 5.74) is 5.68. The van der Waals surface area contributed by atoms with Gasteiger partial charge in [-0.3, -0.25) is 25.8 Å². The van der Waals surface area contributed by atoms with Crippen molar-refractivity contribution in [3.8, 4) is 17.2 Å². The number of hydrogen-bond donors (Lipinski definition) is 3. The number of methoxy groups -OCH3 is 2. The Morgan fingerprint density at radius 3 is 2.19 bits per heavy atom. The van der Waals surface area contributed by atoms with Gasteiger partial charge in [-0.2, -0.15) is 0 Å². The van der Waals surface area contributed by atoms with E-state index in [1.54, 1.807) is 36.4 Å². The Bertz CT molecular complexity index is 918. The van der Waals surface area contributed by atoms with Gasteiger partial charge in [0.15, 0.2) is 16.6 Å². The summed E-state index contributed by atoms with van der Waals surface area (Å²) >= 11 is 5.08. The zero-order valence-electron chi connectivity index (χ0n) is 18.5. The van der Waals surface area contributed by atoms with Crippen LogP contribution in [0.25, 0.3) is 0 Å². The number of hydrogen-bond acceptors (Lipinski definition) is 6. The summed E-state index contributed by atoms with van der Waals surface area (Å²) in [6.45, 7) is 2.82. The van der Waals surface area contributed by atoms with E-state index < -0.39 is 11.8 Å². The Balaban J connectivity index is 1.80. The summed E-state index contributed by atoms with van der Waals surface area (Å²) < 4.78 is 16.0. The molecule has 3 N–H and O–H groups in total. The minimum absolute atomic E-state index is 0.0416. The number of carbonyl (C=O) groups is 2. The van der Waals surface area contributed by atoms with Gasteiger partial charge in [0.05, 0.1) is 20.8 Å². The first-order chi connectivity index (χ1) is 15.5. The third-order valence-electron chi connectivity index (χ3n) is 4.55. The molecular weight excluding hydrogens is 430 g/mol. The number of hydrazine groups is 1. The average Bonchev–Trinajstić information content (AvgIpc) is 2.82. The molecule has 0 radical (unpaired) electrons. The molecule has 2 aromatic carbocycles. The normalized spacial score (nSPS) is 10.1. The molecule has 0 unspecified atom stereocenters. The molecule has 0 aliphatic rings. The lowest BCUT2D eigenvalue weighted by Gasteiger charge is -2.12. The first kappa shape index (κ1) is 24.9. The highest BCUT2D eigenvalue weighted by molar-refractivity contribution is 7.80. The van der Waals surface area contributed by atoms with Gasteiger partial charge in [-0.25, -0.2) is 0 Å². The third kappa shape index (κ3) is 7.73. The molecule has 0 spiro atoms.